The number of aliphatic carboxylic acids is 1. The highest BCUT2D eigenvalue weighted by atomic mass is 16.4. The summed E-state index contributed by atoms with van der Waals surface area (Å²) in [5.74, 6) is -1.26. The molecule has 0 unspecified atom stereocenters. The minimum Gasteiger partial charge on any atom is -0.481 e. The Balaban J connectivity index is 2.52. The number of hydrogen-bond donors (Lipinski definition) is 2. The maximum Gasteiger partial charge on any atom is 0.303 e. The number of carboxylic acid groups (broad SMARTS) is 1. The lowest BCUT2D eigenvalue weighted by Gasteiger charge is -2.05. The minimum atomic E-state index is -0.896. The molecule has 1 aromatic carbocycles. The van der Waals surface area contributed by atoms with E-state index in [9.17, 15) is 14.4 Å². The Morgan fingerprint density at radius 3 is 2.65 bits per heavy atom. The van der Waals surface area contributed by atoms with Gasteiger partial charge in [-0.25, -0.2) is 0 Å². The smallest absolute Gasteiger partial charge is 0.303 e. The normalized spacial score (nSPS) is 9.65. The van der Waals surface area contributed by atoms with Gasteiger partial charge in [0.1, 0.15) is 0 Å². The zero-order chi connectivity index (χ0) is 12.7. The molecule has 0 aromatic heterocycles. The lowest BCUT2D eigenvalue weighted by molar-refractivity contribution is -0.137. The average molecular weight is 235 g/mol. The van der Waals surface area contributed by atoms with Gasteiger partial charge >= 0.3 is 5.97 Å². The number of aldehydes is 1. The van der Waals surface area contributed by atoms with Crippen molar-refractivity contribution in [2.24, 2.45) is 0 Å². The maximum atomic E-state index is 11.7. The topological polar surface area (TPSA) is 83.5 Å². The van der Waals surface area contributed by atoms with Crippen LogP contribution in [-0.4, -0.2) is 29.8 Å². The summed E-state index contributed by atoms with van der Waals surface area (Å²) >= 11 is 0. The van der Waals surface area contributed by atoms with Gasteiger partial charge in [-0.1, -0.05) is 18.2 Å². The zero-order valence-electron chi connectivity index (χ0n) is 9.18. The summed E-state index contributed by atoms with van der Waals surface area (Å²) in [5.41, 5.74) is 0.626. The summed E-state index contributed by atoms with van der Waals surface area (Å²) in [6, 6.07) is 6.44. The number of amides is 1. The molecule has 0 aliphatic rings. The first-order chi connectivity index (χ1) is 8.15. The van der Waals surface area contributed by atoms with Crippen LogP contribution in [0.1, 0.15) is 33.6 Å². The second-order valence-corrected chi connectivity index (χ2v) is 3.46. The Hall–Kier alpha value is -2.17. The third kappa shape index (κ3) is 4.06. The third-order valence-electron chi connectivity index (χ3n) is 2.19. The summed E-state index contributed by atoms with van der Waals surface area (Å²) in [7, 11) is 0. The monoisotopic (exact) mass is 235 g/mol. The lowest BCUT2D eigenvalue weighted by Crippen LogP contribution is -2.25. The maximum absolute atomic E-state index is 11.7. The fourth-order valence-corrected chi connectivity index (χ4v) is 1.34. The van der Waals surface area contributed by atoms with Gasteiger partial charge in [0.25, 0.3) is 5.91 Å². The van der Waals surface area contributed by atoms with Gasteiger partial charge in [-0.3, -0.25) is 14.4 Å². The van der Waals surface area contributed by atoms with E-state index in [4.69, 9.17) is 5.11 Å². The van der Waals surface area contributed by atoms with Crippen molar-refractivity contribution in [3.05, 3.63) is 35.4 Å². The molecule has 0 aliphatic heterocycles. The first kappa shape index (κ1) is 12.9. The Morgan fingerprint density at radius 1 is 1.29 bits per heavy atom. The number of benzene rings is 1. The van der Waals surface area contributed by atoms with Crippen LogP contribution in [0.2, 0.25) is 0 Å². The molecule has 0 spiro atoms. The molecule has 0 bridgehead atoms. The van der Waals surface area contributed by atoms with Crippen molar-refractivity contribution in [3.8, 4) is 0 Å². The predicted octanol–water partition coefficient (Wildman–Crippen LogP) is 1.09. The van der Waals surface area contributed by atoms with Crippen molar-refractivity contribution in [2.75, 3.05) is 6.54 Å². The average Bonchev–Trinajstić information content (AvgIpc) is 2.34. The zero-order valence-corrected chi connectivity index (χ0v) is 9.18. The molecule has 17 heavy (non-hydrogen) atoms. The van der Waals surface area contributed by atoms with Gasteiger partial charge < -0.3 is 10.4 Å². The van der Waals surface area contributed by atoms with E-state index in [0.29, 0.717) is 23.8 Å². The molecule has 5 nitrogen and oxygen atoms in total. The molecule has 2 N–H and O–H groups in total. The minimum absolute atomic E-state index is 0.00953. The van der Waals surface area contributed by atoms with Gasteiger partial charge in [-0.15, -0.1) is 0 Å². The van der Waals surface area contributed by atoms with Gasteiger partial charge in [0.15, 0.2) is 6.29 Å². The predicted molar refractivity (Wildman–Crippen MR) is 61.0 cm³/mol. The van der Waals surface area contributed by atoms with E-state index in [1.165, 1.54) is 0 Å². The van der Waals surface area contributed by atoms with Gasteiger partial charge in [-0.05, 0) is 12.5 Å². The first-order valence-corrected chi connectivity index (χ1v) is 5.19. The van der Waals surface area contributed by atoms with Crippen molar-refractivity contribution in [1.82, 2.24) is 5.32 Å². The molecule has 5 heteroatoms. The lowest BCUT2D eigenvalue weighted by atomic mass is 10.1. The Kier molecular flexibility index (Phi) is 4.87. The highest BCUT2D eigenvalue weighted by Crippen LogP contribution is 2.05. The largest absolute Gasteiger partial charge is 0.481 e. The number of carbonyl (C=O) groups is 3. The van der Waals surface area contributed by atoms with Gasteiger partial charge in [-0.2, -0.15) is 0 Å². The molecule has 0 atom stereocenters. The van der Waals surface area contributed by atoms with Crippen LogP contribution in [0.25, 0.3) is 0 Å². The molecular weight excluding hydrogens is 222 g/mol. The second-order valence-electron chi connectivity index (χ2n) is 3.46. The van der Waals surface area contributed by atoms with Gasteiger partial charge in [0.2, 0.25) is 0 Å². The van der Waals surface area contributed by atoms with Crippen LogP contribution < -0.4 is 5.32 Å². The van der Waals surface area contributed by atoms with E-state index in [-0.39, 0.29) is 18.9 Å². The molecule has 1 amide bonds. The van der Waals surface area contributed by atoms with E-state index < -0.39 is 5.97 Å². The van der Waals surface area contributed by atoms with E-state index >= 15 is 0 Å². The molecule has 0 radical (unpaired) electrons. The molecule has 1 rings (SSSR count). The van der Waals surface area contributed by atoms with Crippen LogP contribution in [0.3, 0.4) is 0 Å². The first-order valence-electron chi connectivity index (χ1n) is 5.19. The Morgan fingerprint density at radius 2 is 2.00 bits per heavy atom. The SMILES string of the molecule is O=Cc1ccccc1C(=O)NCCCC(=O)O. The number of rotatable bonds is 6. The van der Waals surface area contributed by atoms with E-state index in [1.807, 2.05) is 0 Å². The van der Waals surface area contributed by atoms with Crippen LogP contribution in [0, 0.1) is 0 Å². The second kappa shape index (κ2) is 6.42. The van der Waals surface area contributed by atoms with Crippen molar-refractivity contribution in [3.63, 3.8) is 0 Å². The summed E-state index contributed by atoms with van der Waals surface area (Å²) in [5, 5.41) is 11.0. The Labute approximate surface area is 98.4 Å². The van der Waals surface area contributed by atoms with Crippen molar-refractivity contribution < 1.29 is 19.5 Å². The van der Waals surface area contributed by atoms with Crippen LogP contribution in [0.15, 0.2) is 24.3 Å². The molecular formula is C12H13NO4. The number of carbonyl (C=O) groups excluding carboxylic acids is 2. The van der Waals surface area contributed by atoms with Gasteiger partial charge in [0.05, 0.1) is 0 Å². The van der Waals surface area contributed by atoms with Crippen LogP contribution >= 0.6 is 0 Å². The number of nitrogens with one attached hydrogen (secondary N) is 1. The Bertz CT molecular complexity index is 428. The van der Waals surface area contributed by atoms with Gasteiger partial charge in [0, 0.05) is 24.1 Å². The highest BCUT2D eigenvalue weighted by molar-refractivity contribution is 6.01. The molecule has 90 valence electrons. The number of carboxylic acids is 1. The molecule has 0 aliphatic carbocycles. The quantitative estimate of drug-likeness (QED) is 0.571. The summed E-state index contributed by atoms with van der Waals surface area (Å²) in [6.07, 6.45) is 0.992. The summed E-state index contributed by atoms with van der Waals surface area (Å²) < 4.78 is 0. The third-order valence-corrected chi connectivity index (χ3v) is 2.19. The molecule has 0 saturated carbocycles. The van der Waals surface area contributed by atoms with Crippen molar-refractivity contribution >= 4 is 18.2 Å². The van der Waals surface area contributed by atoms with Crippen LogP contribution in [0.5, 0.6) is 0 Å². The van der Waals surface area contributed by atoms with Crippen molar-refractivity contribution in [1.29, 1.82) is 0 Å². The molecule has 0 heterocycles. The summed E-state index contributed by atoms with van der Waals surface area (Å²) in [6.45, 7) is 0.276. The van der Waals surface area contributed by atoms with E-state index in [2.05, 4.69) is 5.32 Å². The number of hydrogen-bond acceptors (Lipinski definition) is 3. The van der Waals surface area contributed by atoms with E-state index in [1.54, 1.807) is 24.3 Å². The standard InChI is InChI=1S/C12H13NO4/c14-8-9-4-1-2-5-10(9)12(17)13-7-3-6-11(15)16/h1-2,4-5,8H,3,6-7H2,(H,13,17)(H,15,16). The fraction of sp³-hybridized carbons (Fsp3) is 0.250. The fourth-order valence-electron chi connectivity index (χ4n) is 1.34. The molecule has 1 aromatic rings. The van der Waals surface area contributed by atoms with Crippen LogP contribution in [0.4, 0.5) is 0 Å². The van der Waals surface area contributed by atoms with E-state index in [0.717, 1.165) is 0 Å². The highest BCUT2D eigenvalue weighted by Gasteiger charge is 2.09. The summed E-state index contributed by atoms with van der Waals surface area (Å²) in [4.78, 5) is 32.6. The molecule has 0 saturated heterocycles. The molecule has 0 fully saturated rings. The van der Waals surface area contributed by atoms with Crippen LogP contribution in [-0.2, 0) is 4.79 Å². The van der Waals surface area contributed by atoms with Crippen molar-refractivity contribution in [2.45, 2.75) is 12.8 Å².